The van der Waals surface area contributed by atoms with Gasteiger partial charge in [-0.15, -0.1) is 11.3 Å². The summed E-state index contributed by atoms with van der Waals surface area (Å²) in [6.07, 6.45) is 1.80. The number of hydrogen-bond acceptors (Lipinski definition) is 4. The summed E-state index contributed by atoms with van der Waals surface area (Å²) in [6, 6.07) is 0.276. The summed E-state index contributed by atoms with van der Waals surface area (Å²) < 4.78 is 0. The van der Waals surface area contributed by atoms with Crippen molar-refractivity contribution < 1.29 is 4.79 Å². The molecule has 1 amide bonds. The molecule has 17 heavy (non-hydrogen) atoms. The Hall–Kier alpha value is -0.940. The summed E-state index contributed by atoms with van der Waals surface area (Å²) >= 11 is 1.56. The van der Waals surface area contributed by atoms with Gasteiger partial charge in [0.15, 0.2) is 0 Å². The standard InChI is InChI=1S/C12H19N3OS/c1-8(2)15-7-5-9-11(12(15)16)17-10(14-9)4-6-13-3/h8,13H,4-7H2,1-3H3. The molecular weight excluding hydrogens is 234 g/mol. The van der Waals surface area contributed by atoms with E-state index in [4.69, 9.17) is 0 Å². The topological polar surface area (TPSA) is 45.2 Å². The van der Waals surface area contributed by atoms with Gasteiger partial charge in [0.05, 0.1) is 10.7 Å². The number of nitrogens with zero attached hydrogens (tertiary/aromatic N) is 2. The van der Waals surface area contributed by atoms with Crippen LogP contribution in [0.1, 0.15) is 34.2 Å². The molecule has 0 aliphatic carbocycles. The molecule has 1 aromatic rings. The molecule has 0 saturated heterocycles. The number of thiazole rings is 1. The van der Waals surface area contributed by atoms with Crippen LogP contribution in [0.5, 0.6) is 0 Å². The summed E-state index contributed by atoms with van der Waals surface area (Å²) in [5.41, 5.74) is 1.00. The molecule has 0 aromatic carbocycles. The van der Waals surface area contributed by atoms with Crippen molar-refractivity contribution in [3.8, 4) is 0 Å². The Morgan fingerprint density at radius 1 is 1.53 bits per heavy atom. The monoisotopic (exact) mass is 253 g/mol. The maximum absolute atomic E-state index is 12.2. The third kappa shape index (κ3) is 2.50. The first-order valence-electron chi connectivity index (χ1n) is 6.07. The van der Waals surface area contributed by atoms with E-state index in [9.17, 15) is 4.79 Å². The highest BCUT2D eigenvalue weighted by atomic mass is 32.1. The van der Waals surface area contributed by atoms with Gasteiger partial charge < -0.3 is 10.2 Å². The molecule has 0 atom stereocenters. The van der Waals surface area contributed by atoms with Crippen molar-refractivity contribution in [2.24, 2.45) is 0 Å². The number of fused-ring (bicyclic) bond motifs is 1. The SMILES string of the molecule is CNCCc1nc2c(s1)C(=O)N(C(C)C)CC2. The third-order valence-corrected chi connectivity index (χ3v) is 4.14. The highest BCUT2D eigenvalue weighted by Crippen LogP contribution is 2.26. The second-order valence-corrected chi connectivity index (χ2v) is 5.66. The van der Waals surface area contributed by atoms with Gasteiger partial charge in [-0.05, 0) is 20.9 Å². The van der Waals surface area contributed by atoms with E-state index in [2.05, 4.69) is 24.1 Å². The van der Waals surface area contributed by atoms with E-state index in [-0.39, 0.29) is 11.9 Å². The van der Waals surface area contributed by atoms with Gasteiger partial charge >= 0.3 is 0 Å². The largest absolute Gasteiger partial charge is 0.335 e. The zero-order chi connectivity index (χ0) is 12.4. The number of hydrogen-bond donors (Lipinski definition) is 1. The van der Waals surface area contributed by atoms with Crippen LogP contribution in [0.25, 0.3) is 0 Å². The summed E-state index contributed by atoms with van der Waals surface area (Å²) in [5, 5.41) is 4.18. The molecule has 4 nitrogen and oxygen atoms in total. The van der Waals surface area contributed by atoms with Gasteiger partial charge in [0, 0.05) is 32.0 Å². The molecule has 0 spiro atoms. The van der Waals surface area contributed by atoms with Crippen LogP contribution in [-0.4, -0.2) is 42.0 Å². The van der Waals surface area contributed by atoms with Crippen molar-refractivity contribution in [1.29, 1.82) is 0 Å². The first-order chi connectivity index (χ1) is 8.13. The van der Waals surface area contributed by atoms with Crippen molar-refractivity contribution in [1.82, 2.24) is 15.2 Å². The fourth-order valence-electron chi connectivity index (χ4n) is 2.03. The van der Waals surface area contributed by atoms with E-state index < -0.39 is 0 Å². The van der Waals surface area contributed by atoms with Crippen molar-refractivity contribution in [3.05, 3.63) is 15.6 Å². The average molecular weight is 253 g/mol. The molecule has 1 N–H and O–H groups in total. The first kappa shape index (κ1) is 12.5. The quantitative estimate of drug-likeness (QED) is 0.880. The van der Waals surface area contributed by atoms with Crippen LogP contribution in [0.3, 0.4) is 0 Å². The van der Waals surface area contributed by atoms with Gasteiger partial charge in [0.25, 0.3) is 5.91 Å². The minimum Gasteiger partial charge on any atom is -0.335 e. The molecular formula is C12H19N3OS. The van der Waals surface area contributed by atoms with Crippen LogP contribution >= 0.6 is 11.3 Å². The molecule has 0 radical (unpaired) electrons. The number of nitrogens with one attached hydrogen (secondary N) is 1. The molecule has 0 bridgehead atoms. The van der Waals surface area contributed by atoms with Gasteiger partial charge in [0.1, 0.15) is 4.88 Å². The number of carbonyl (C=O) groups excluding carboxylic acids is 1. The first-order valence-corrected chi connectivity index (χ1v) is 6.89. The van der Waals surface area contributed by atoms with Crippen molar-refractivity contribution in [2.45, 2.75) is 32.7 Å². The van der Waals surface area contributed by atoms with E-state index >= 15 is 0 Å². The van der Waals surface area contributed by atoms with Gasteiger partial charge in [0.2, 0.25) is 0 Å². The number of rotatable bonds is 4. The Balaban J connectivity index is 2.18. The molecule has 94 valence electrons. The van der Waals surface area contributed by atoms with Crippen LogP contribution in [-0.2, 0) is 12.8 Å². The number of likely N-dealkylation sites (N-methyl/N-ethyl adjacent to an activating group) is 1. The normalized spacial score (nSPS) is 15.5. The van der Waals surface area contributed by atoms with Crippen LogP contribution in [0.15, 0.2) is 0 Å². The molecule has 1 aromatic heterocycles. The Kier molecular flexibility index (Phi) is 3.79. The van der Waals surface area contributed by atoms with Crippen LogP contribution in [0.2, 0.25) is 0 Å². The summed E-state index contributed by atoms with van der Waals surface area (Å²) in [4.78, 5) is 19.6. The lowest BCUT2D eigenvalue weighted by Crippen LogP contribution is -2.41. The lowest BCUT2D eigenvalue weighted by Gasteiger charge is -2.29. The predicted molar refractivity (Wildman–Crippen MR) is 69.6 cm³/mol. The zero-order valence-corrected chi connectivity index (χ0v) is 11.4. The lowest BCUT2D eigenvalue weighted by atomic mass is 10.1. The van der Waals surface area contributed by atoms with E-state index in [0.717, 1.165) is 41.5 Å². The van der Waals surface area contributed by atoms with E-state index in [1.165, 1.54) is 0 Å². The zero-order valence-electron chi connectivity index (χ0n) is 10.6. The predicted octanol–water partition coefficient (Wildman–Crippen LogP) is 1.31. The third-order valence-electron chi connectivity index (χ3n) is 3.00. The smallest absolute Gasteiger partial charge is 0.266 e. The summed E-state index contributed by atoms with van der Waals surface area (Å²) in [6.45, 7) is 5.84. The van der Waals surface area contributed by atoms with Crippen LogP contribution in [0.4, 0.5) is 0 Å². The molecule has 0 unspecified atom stereocenters. The van der Waals surface area contributed by atoms with Crippen LogP contribution < -0.4 is 5.32 Å². The Labute approximate surface area is 106 Å². The van der Waals surface area contributed by atoms with Crippen molar-refractivity contribution in [3.63, 3.8) is 0 Å². The molecule has 2 heterocycles. The molecule has 1 aliphatic rings. The fourth-order valence-corrected chi connectivity index (χ4v) is 3.09. The van der Waals surface area contributed by atoms with E-state index in [1.807, 2.05) is 11.9 Å². The van der Waals surface area contributed by atoms with Crippen molar-refractivity contribution >= 4 is 17.2 Å². The second kappa shape index (κ2) is 5.14. The van der Waals surface area contributed by atoms with Gasteiger partial charge in [-0.1, -0.05) is 0 Å². The number of amides is 1. The molecule has 0 saturated carbocycles. The summed E-state index contributed by atoms with van der Waals surface area (Å²) in [5.74, 6) is 0.162. The molecule has 0 fully saturated rings. The van der Waals surface area contributed by atoms with E-state index in [0.29, 0.717) is 0 Å². The Bertz CT molecular complexity index is 414. The molecule has 1 aliphatic heterocycles. The fraction of sp³-hybridized carbons (Fsp3) is 0.667. The average Bonchev–Trinajstić information content (AvgIpc) is 2.70. The number of carbonyl (C=O) groups is 1. The lowest BCUT2D eigenvalue weighted by molar-refractivity contribution is 0.0693. The van der Waals surface area contributed by atoms with Gasteiger partial charge in [-0.2, -0.15) is 0 Å². The second-order valence-electron chi connectivity index (χ2n) is 4.58. The molecule has 2 rings (SSSR count). The Morgan fingerprint density at radius 2 is 2.29 bits per heavy atom. The minimum atomic E-state index is 0.162. The highest BCUT2D eigenvalue weighted by Gasteiger charge is 2.29. The highest BCUT2D eigenvalue weighted by molar-refractivity contribution is 7.13. The summed E-state index contributed by atoms with van der Waals surface area (Å²) in [7, 11) is 1.93. The minimum absolute atomic E-state index is 0.162. The van der Waals surface area contributed by atoms with Gasteiger partial charge in [-0.25, -0.2) is 4.98 Å². The Morgan fingerprint density at radius 3 is 2.94 bits per heavy atom. The maximum atomic E-state index is 12.2. The van der Waals surface area contributed by atoms with Crippen molar-refractivity contribution in [2.75, 3.05) is 20.1 Å². The number of aromatic nitrogens is 1. The van der Waals surface area contributed by atoms with Gasteiger partial charge in [-0.3, -0.25) is 4.79 Å². The maximum Gasteiger partial charge on any atom is 0.266 e. The molecule has 5 heteroatoms. The van der Waals surface area contributed by atoms with E-state index in [1.54, 1.807) is 11.3 Å². The van der Waals surface area contributed by atoms with Crippen LogP contribution in [0, 0.1) is 0 Å².